The van der Waals surface area contributed by atoms with Gasteiger partial charge in [0, 0.05) is 0 Å². The summed E-state index contributed by atoms with van der Waals surface area (Å²) in [6.07, 6.45) is 7.79. The number of carbonyl (C=O) groups excluding carboxylic acids is 1. The van der Waals surface area contributed by atoms with E-state index in [1.165, 1.54) is 7.11 Å². The smallest absolute Gasteiger partial charge is 0.309 e. The van der Waals surface area contributed by atoms with E-state index in [0.29, 0.717) is 13.0 Å². The highest BCUT2D eigenvalue weighted by molar-refractivity contribution is 6.74. The van der Waals surface area contributed by atoms with Crippen molar-refractivity contribution >= 4 is 14.3 Å². The van der Waals surface area contributed by atoms with E-state index in [4.69, 9.17) is 4.43 Å². The molecule has 0 bridgehead atoms. The van der Waals surface area contributed by atoms with Gasteiger partial charge in [0.05, 0.1) is 20.1 Å². The lowest BCUT2D eigenvalue weighted by molar-refractivity contribution is -0.139. The van der Waals surface area contributed by atoms with Crippen molar-refractivity contribution in [1.29, 1.82) is 0 Å². The molecule has 104 valence electrons. The van der Waals surface area contributed by atoms with E-state index in [1.54, 1.807) is 6.08 Å². The fourth-order valence-electron chi connectivity index (χ4n) is 0.933. The van der Waals surface area contributed by atoms with Gasteiger partial charge in [0.15, 0.2) is 8.32 Å². The van der Waals surface area contributed by atoms with Gasteiger partial charge in [-0.25, -0.2) is 0 Å². The molecule has 0 aromatic rings. The van der Waals surface area contributed by atoms with E-state index in [-0.39, 0.29) is 11.0 Å². The van der Waals surface area contributed by atoms with Crippen LogP contribution >= 0.6 is 0 Å². The zero-order chi connectivity index (χ0) is 14.2. The molecule has 0 aromatic heterocycles. The quantitative estimate of drug-likeness (QED) is 0.419. The van der Waals surface area contributed by atoms with E-state index >= 15 is 0 Å². The molecule has 0 saturated carbocycles. The lowest BCUT2D eigenvalue weighted by Crippen LogP contribution is -2.40. The van der Waals surface area contributed by atoms with Gasteiger partial charge in [-0.2, -0.15) is 0 Å². The summed E-state index contributed by atoms with van der Waals surface area (Å²) in [4.78, 5) is 10.8. The van der Waals surface area contributed by atoms with Crippen LogP contribution in [-0.2, 0) is 14.0 Å². The van der Waals surface area contributed by atoms with Gasteiger partial charge in [-0.15, -0.1) is 0 Å². The van der Waals surface area contributed by atoms with Crippen molar-refractivity contribution in [3.8, 4) is 0 Å². The average Bonchev–Trinajstić information content (AvgIpc) is 2.25. The van der Waals surface area contributed by atoms with Gasteiger partial charge in [-0.05, 0) is 18.1 Å². The van der Waals surface area contributed by atoms with Crippen molar-refractivity contribution in [3.05, 3.63) is 24.3 Å². The van der Waals surface area contributed by atoms with E-state index in [1.807, 2.05) is 18.2 Å². The molecule has 0 spiro atoms. The fraction of sp³-hybridized carbons (Fsp3) is 0.643. The molecule has 0 aromatic carbocycles. The minimum absolute atomic E-state index is 0.225. The number of allylic oxidation sites excluding steroid dienone is 2. The van der Waals surface area contributed by atoms with Crippen LogP contribution < -0.4 is 0 Å². The first kappa shape index (κ1) is 17.1. The Morgan fingerprint density at radius 1 is 1.17 bits per heavy atom. The lowest BCUT2D eigenvalue weighted by atomic mass is 10.2. The van der Waals surface area contributed by atoms with Gasteiger partial charge in [0.1, 0.15) is 0 Å². The highest BCUT2D eigenvalue weighted by Crippen LogP contribution is 2.36. The SMILES string of the molecule is COC(=O)C/C=C/C=C/CO[Si](C)(C)C(C)(C)C. The third-order valence-corrected chi connectivity index (χ3v) is 7.74. The van der Waals surface area contributed by atoms with Gasteiger partial charge < -0.3 is 9.16 Å². The van der Waals surface area contributed by atoms with Crippen molar-refractivity contribution in [2.24, 2.45) is 0 Å². The Balaban J connectivity index is 3.95. The molecule has 0 radical (unpaired) electrons. The van der Waals surface area contributed by atoms with E-state index in [9.17, 15) is 4.79 Å². The number of esters is 1. The summed E-state index contributed by atoms with van der Waals surface area (Å²) < 4.78 is 10.5. The normalized spacial score (nSPS) is 13.4. The summed E-state index contributed by atoms with van der Waals surface area (Å²) in [6, 6.07) is 0. The molecular formula is C14H26O3Si. The van der Waals surface area contributed by atoms with Crippen LogP contribution in [0.3, 0.4) is 0 Å². The second-order valence-electron chi connectivity index (χ2n) is 5.71. The van der Waals surface area contributed by atoms with Gasteiger partial charge in [-0.1, -0.05) is 45.1 Å². The number of hydrogen-bond acceptors (Lipinski definition) is 3. The minimum Gasteiger partial charge on any atom is -0.469 e. The highest BCUT2D eigenvalue weighted by atomic mass is 28.4. The third-order valence-electron chi connectivity index (χ3n) is 3.24. The summed E-state index contributed by atoms with van der Waals surface area (Å²) in [5.74, 6) is -0.225. The van der Waals surface area contributed by atoms with E-state index < -0.39 is 8.32 Å². The first-order chi connectivity index (χ1) is 8.20. The predicted octanol–water partition coefficient (Wildman–Crippen LogP) is 3.68. The second-order valence-corrected chi connectivity index (χ2v) is 10.5. The van der Waals surface area contributed by atoms with Crippen molar-refractivity contribution < 1.29 is 14.0 Å². The third kappa shape index (κ3) is 6.76. The molecule has 0 unspecified atom stereocenters. The molecular weight excluding hydrogens is 244 g/mol. The molecule has 0 amide bonds. The molecule has 0 heterocycles. The summed E-state index contributed by atoms with van der Waals surface area (Å²) in [5.41, 5.74) is 0. The van der Waals surface area contributed by atoms with Crippen LogP contribution in [0.1, 0.15) is 27.2 Å². The predicted molar refractivity (Wildman–Crippen MR) is 78.1 cm³/mol. The molecule has 18 heavy (non-hydrogen) atoms. The van der Waals surface area contributed by atoms with Crippen LogP contribution in [-0.4, -0.2) is 28.0 Å². The number of methoxy groups -OCH3 is 1. The number of carbonyl (C=O) groups is 1. The Hall–Kier alpha value is -0.873. The number of hydrogen-bond donors (Lipinski definition) is 0. The van der Waals surface area contributed by atoms with Crippen LogP contribution in [0.15, 0.2) is 24.3 Å². The Kier molecular flexibility index (Phi) is 7.17. The minimum atomic E-state index is -1.65. The maximum absolute atomic E-state index is 10.8. The molecule has 0 N–H and O–H groups in total. The van der Waals surface area contributed by atoms with E-state index in [0.717, 1.165) is 0 Å². The molecule has 0 aliphatic carbocycles. The molecule has 0 fully saturated rings. The Morgan fingerprint density at radius 2 is 1.72 bits per heavy atom. The standard InChI is InChI=1S/C14H26O3Si/c1-14(2,3)18(5,6)17-12-10-8-7-9-11-13(15)16-4/h7-10H,11-12H2,1-6H3/b9-7+,10-8+. The van der Waals surface area contributed by atoms with Crippen molar-refractivity contribution in [3.63, 3.8) is 0 Å². The zero-order valence-corrected chi connectivity index (χ0v) is 13.4. The van der Waals surface area contributed by atoms with Crippen molar-refractivity contribution in [1.82, 2.24) is 0 Å². The molecule has 4 heteroatoms. The molecule has 0 aliphatic heterocycles. The summed E-state index contributed by atoms with van der Waals surface area (Å²) >= 11 is 0. The highest BCUT2D eigenvalue weighted by Gasteiger charge is 2.36. The maximum Gasteiger partial charge on any atom is 0.309 e. The van der Waals surface area contributed by atoms with Gasteiger partial charge in [0.2, 0.25) is 0 Å². The molecule has 3 nitrogen and oxygen atoms in total. The Labute approximate surface area is 112 Å². The van der Waals surface area contributed by atoms with Crippen LogP contribution in [0.5, 0.6) is 0 Å². The van der Waals surface area contributed by atoms with Gasteiger partial charge >= 0.3 is 5.97 Å². The van der Waals surface area contributed by atoms with Crippen LogP contribution in [0.25, 0.3) is 0 Å². The zero-order valence-electron chi connectivity index (χ0n) is 12.4. The topological polar surface area (TPSA) is 35.5 Å². The summed E-state index contributed by atoms with van der Waals surface area (Å²) in [6.45, 7) is 11.7. The van der Waals surface area contributed by atoms with Crippen LogP contribution in [0, 0.1) is 0 Å². The molecule has 0 rings (SSSR count). The average molecular weight is 270 g/mol. The Morgan fingerprint density at radius 3 is 2.22 bits per heavy atom. The van der Waals surface area contributed by atoms with Crippen molar-refractivity contribution in [2.45, 2.75) is 45.3 Å². The number of rotatable bonds is 6. The first-order valence-electron chi connectivity index (χ1n) is 6.23. The molecule has 0 atom stereocenters. The van der Waals surface area contributed by atoms with E-state index in [2.05, 4.69) is 38.6 Å². The largest absolute Gasteiger partial charge is 0.469 e. The van der Waals surface area contributed by atoms with Crippen LogP contribution in [0.4, 0.5) is 0 Å². The van der Waals surface area contributed by atoms with Crippen LogP contribution in [0.2, 0.25) is 18.1 Å². The maximum atomic E-state index is 10.8. The Bertz CT molecular complexity index is 311. The molecule has 0 aliphatic rings. The number of ether oxygens (including phenoxy) is 1. The summed E-state index contributed by atoms with van der Waals surface area (Å²) in [7, 11) is -0.259. The lowest BCUT2D eigenvalue weighted by Gasteiger charge is -2.35. The monoisotopic (exact) mass is 270 g/mol. The van der Waals surface area contributed by atoms with Gasteiger partial charge in [0.25, 0.3) is 0 Å². The molecule has 0 saturated heterocycles. The first-order valence-corrected chi connectivity index (χ1v) is 9.14. The van der Waals surface area contributed by atoms with Gasteiger partial charge in [-0.3, -0.25) is 4.79 Å². The summed E-state index contributed by atoms with van der Waals surface area (Å²) in [5, 5.41) is 0.238. The fourth-order valence-corrected chi connectivity index (χ4v) is 1.88. The second kappa shape index (κ2) is 7.54. The van der Waals surface area contributed by atoms with Crippen molar-refractivity contribution in [2.75, 3.05) is 13.7 Å².